The summed E-state index contributed by atoms with van der Waals surface area (Å²) in [5.74, 6) is 0. The van der Waals surface area contributed by atoms with Crippen molar-refractivity contribution in [1.29, 1.82) is 0 Å². The van der Waals surface area contributed by atoms with Gasteiger partial charge in [0.25, 0.3) is 0 Å². The van der Waals surface area contributed by atoms with Crippen LogP contribution in [-0.2, 0) is 0 Å². The van der Waals surface area contributed by atoms with Gasteiger partial charge in [0, 0.05) is 0 Å². The van der Waals surface area contributed by atoms with Crippen molar-refractivity contribution in [1.82, 2.24) is 0 Å². The zero-order valence-electron chi connectivity index (χ0n) is 29.8. The minimum atomic E-state index is 1.20. The minimum absolute atomic E-state index is 1.20. The Morgan fingerprint density at radius 1 is 0.167 bits per heavy atom. The molecule has 0 aliphatic heterocycles. The fourth-order valence-electron chi connectivity index (χ4n) is 8.33. The first-order chi connectivity index (χ1) is 26.8. The Labute approximate surface area is 316 Å². The lowest BCUT2D eigenvalue weighted by Gasteiger charge is -2.19. The van der Waals surface area contributed by atoms with E-state index < -0.39 is 0 Å². The fourth-order valence-corrected chi connectivity index (χ4v) is 8.33. The predicted molar refractivity (Wildman–Crippen MR) is 232 cm³/mol. The first-order valence-corrected chi connectivity index (χ1v) is 18.7. The van der Waals surface area contributed by atoms with Crippen LogP contribution in [0.3, 0.4) is 0 Å². The molecule has 0 aliphatic carbocycles. The van der Waals surface area contributed by atoms with Crippen LogP contribution in [0, 0.1) is 0 Å². The molecule has 0 heteroatoms. The molecule has 0 heterocycles. The molecule has 0 fully saturated rings. The second-order valence-corrected chi connectivity index (χ2v) is 14.0. The maximum atomic E-state index is 2.44. The molecule has 0 spiro atoms. The van der Waals surface area contributed by atoms with Gasteiger partial charge in [-0.1, -0.05) is 206 Å². The van der Waals surface area contributed by atoms with E-state index in [1.165, 1.54) is 99.1 Å². The van der Waals surface area contributed by atoms with Crippen molar-refractivity contribution in [3.63, 3.8) is 0 Å². The zero-order valence-corrected chi connectivity index (χ0v) is 29.8. The van der Waals surface area contributed by atoms with Crippen molar-refractivity contribution in [2.24, 2.45) is 0 Å². The summed E-state index contributed by atoms with van der Waals surface area (Å²) >= 11 is 0. The van der Waals surface area contributed by atoms with E-state index >= 15 is 0 Å². The Kier molecular flexibility index (Phi) is 7.93. The van der Waals surface area contributed by atoms with Crippen LogP contribution < -0.4 is 0 Å². The standard InChI is InChI=1S/C54H36/c1-4-15-37(16-5-1)38-27-29-39(30-28-38)42-21-14-22-43(35-42)46-34-33-45(40-17-6-2-7-18-40)47-32-31-44(36-52(46)47)54-50-25-12-10-23-48(50)53(41-19-8-3-9-20-41)49-24-11-13-26-51(49)54/h1-36H. The monoisotopic (exact) mass is 684 g/mol. The summed E-state index contributed by atoms with van der Waals surface area (Å²) in [5.41, 5.74) is 14.8. The molecule has 0 saturated carbocycles. The highest BCUT2D eigenvalue weighted by molar-refractivity contribution is 6.22. The normalized spacial score (nSPS) is 11.3. The van der Waals surface area contributed by atoms with E-state index in [4.69, 9.17) is 0 Å². The van der Waals surface area contributed by atoms with Crippen molar-refractivity contribution in [2.75, 3.05) is 0 Å². The van der Waals surface area contributed by atoms with E-state index in [9.17, 15) is 0 Å². The quantitative estimate of drug-likeness (QED) is 0.153. The molecule has 0 atom stereocenters. The van der Waals surface area contributed by atoms with Crippen LogP contribution >= 0.6 is 0 Å². The van der Waals surface area contributed by atoms with Gasteiger partial charge in [-0.2, -0.15) is 0 Å². The predicted octanol–water partition coefficient (Wildman–Crippen LogP) is 15.1. The third-order valence-electron chi connectivity index (χ3n) is 10.9. The number of rotatable bonds is 6. The van der Waals surface area contributed by atoms with Gasteiger partial charge in [-0.05, 0) is 111 Å². The van der Waals surface area contributed by atoms with Crippen molar-refractivity contribution in [3.8, 4) is 66.8 Å². The van der Waals surface area contributed by atoms with Crippen LogP contribution in [0.2, 0.25) is 0 Å². The van der Waals surface area contributed by atoms with Crippen LogP contribution in [0.15, 0.2) is 218 Å². The summed E-state index contributed by atoms with van der Waals surface area (Å²) in [4.78, 5) is 0. The Balaban J connectivity index is 1.18. The van der Waals surface area contributed by atoms with E-state index in [-0.39, 0.29) is 0 Å². The molecule has 0 unspecified atom stereocenters. The summed E-state index contributed by atoms with van der Waals surface area (Å²) in [6, 6.07) is 79.7. The lowest BCUT2D eigenvalue weighted by molar-refractivity contribution is 1.58. The number of hydrogen-bond acceptors (Lipinski definition) is 0. The van der Waals surface area contributed by atoms with E-state index in [0.29, 0.717) is 0 Å². The molecule has 10 aromatic carbocycles. The molecule has 0 nitrogen and oxygen atoms in total. The molecule has 0 saturated heterocycles. The van der Waals surface area contributed by atoms with E-state index in [1.54, 1.807) is 0 Å². The van der Waals surface area contributed by atoms with Crippen molar-refractivity contribution >= 4 is 32.3 Å². The van der Waals surface area contributed by atoms with E-state index in [0.717, 1.165) is 0 Å². The summed E-state index contributed by atoms with van der Waals surface area (Å²) in [6.07, 6.45) is 0. The van der Waals surface area contributed by atoms with Gasteiger partial charge in [0.1, 0.15) is 0 Å². The van der Waals surface area contributed by atoms with Gasteiger partial charge in [-0.15, -0.1) is 0 Å². The number of fused-ring (bicyclic) bond motifs is 3. The molecule has 0 radical (unpaired) electrons. The van der Waals surface area contributed by atoms with Crippen LogP contribution in [0.25, 0.3) is 99.1 Å². The van der Waals surface area contributed by atoms with Gasteiger partial charge in [0.2, 0.25) is 0 Å². The van der Waals surface area contributed by atoms with E-state index in [2.05, 4.69) is 218 Å². The fraction of sp³-hybridized carbons (Fsp3) is 0. The third kappa shape index (κ3) is 5.57. The molecule has 10 aromatic rings. The maximum absolute atomic E-state index is 2.44. The highest BCUT2D eigenvalue weighted by Gasteiger charge is 2.18. The van der Waals surface area contributed by atoms with Gasteiger partial charge in [-0.25, -0.2) is 0 Å². The van der Waals surface area contributed by atoms with Gasteiger partial charge in [-0.3, -0.25) is 0 Å². The maximum Gasteiger partial charge on any atom is -0.00261 e. The van der Waals surface area contributed by atoms with Crippen molar-refractivity contribution in [2.45, 2.75) is 0 Å². The van der Waals surface area contributed by atoms with Gasteiger partial charge >= 0.3 is 0 Å². The molecular formula is C54H36. The van der Waals surface area contributed by atoms with Crippen LogP contribution in [0.1, 0.15) is 0 Å². The average molecular weight is 685 g/mol. The second kappa shape index (κ2) is 13.5. The summed E-state index contributed by atoms with van der Waals surface area (Å²) in [5, 5.41) is 7.54. The number of hydrogen-bond donors (Lipinski definition) is 0. The number of benzene rings is 10. The molecule has 0 bridgehead atoms. The van der Waals surface area contributed by atoms with Gasteiger partial charge < -0.3 is 0 Å². The second-order valence-electron chi connectivity index (χ2n) is 14.0. The summed E-state index contributed by atoms with van der Waals surface area (Å²) in [7, 11) is 0. The molecule has 54 heavy (non-hydrogen) atoms. The molecule has 0 amide bonds. The third-order valence-corrected chi connectivity index (χ3v) is 10.9. The molecule has 0 N–H and O–H groups in total. The molecule has 10 rings (SSSR count). The Hall–Kier alpha value is -7.02. The lowest BCUT2D eigenvalue weighted by Crippen LogP contribution is -1.92. The SMILES string of the molecule is c1ccc(-c2ccc(-c3cccc(-c4ccc(-c5ccccc5)c5ccc(-c6c7ccccc7c(-c7ccccc7)c7ccccc67)cc45)c3)cc2)cc1. The van der Waals surface area contributed by atoms with E-state index in [1.807, 2.05) is 0 Å². The van der Waals surface area contributed by atoms with Crippen LogP contribution in [0.4, 0.5) is 0 Å². The summed E-state index contributed by atoms with van der Waals surface area (Å²) < 4.78 is 0. The molecular weight excluding hydrogens is 649 g/mol. The van der Waals surface area contributed by atoms with Crippen LogP contribution in [0.5, 0.6) is 0 Å². The van der Waals surface area contributed by atoms with Gasteiger partial charge in [0.05, 0.1) is 0 Å². The molecule has 252 valence electrons. The largest absolute Gasteiger partial charge is 0.0622 e. The smallest absolute Gasteiger partial charge is 0.00261 e. The zero-order chi connectivity index (χ0) is 35.8. The summed E-state index contributed by atoms with van der Waals surface area (Å²) in [6.45, 7) is 0. The van der Waals surface area contributed by atoms with Crippen LogP contribution in [-0.4, -0.2) is 0 Å². The Morgan fingerprint density at radius 3 is 1.13 bits per heavy atom. The highest BCUT2D eigenvalue weighted by Crippen LogP contribution is 2.46. The van der Waals surface area contributed by atoms with Crippen molar-refractivity contribution in [3.05, 3.63) is 218 Å². The Morgan fingerprint density at radius 2 is 0.556 bits per heavy atom. The van der Waals surface area contributed by atoms with Gasteiger partial charge in [0.15, 0.2) is 0 Å². The minimum Gasteiger partial charge on any atom is -0.0622 e. The molecule has 0 aromatic heterocycles. The van der Waals surface area contributed by atoms with Crippen molar-refractivity contribution < 1.29 is 0 Å². The Bertz CT molecular complexity index is 2880. The lowest BCUT2D eigenvalue weighted by atomic mass is 9.84. The first-order valence-electron chi connectivity index (χ1n) is 18.7. The topological polar surface area (TPSA) is 0 Å². The highest BCUT2D eigenvalue weighted by atomic mass is 14.2. The first kappa shape index (κ1) is 31.7. The molecule has 0 aliphatic rings. The average Bonchev–Trinajstić information content (AvgIpc) is 3.26.